The summed E-state index contributed by atoms with van der Waals surface area (Å²) in [5, 5.41) is 12.0. The number of nitrogens with one attached hydrogen (secondary N) is 1. The Morgan fingerprint density at radius 2 is 1.89 bits per heavy atom. The third-order valence-electron chi connectivity index (χ3n) is 5.43. The fraction of sp³-hybridized carbons (Fsp3) is 0.600. The van der Waals surface area contributed by atoms with E-state index in [9.17, 15) is 9.59 Å². The molecular weight excluding hydrogens is 348 g/mol. The minimum absolute atomic E-state index is 0.173. The molecule has 0 bridgehead atoms. The molecule has 1 aromatic carbocycles. The quantitative estimate of drug-likeness (QED) is 0.797. The molecule has 1 aliphatic heterocycles. The number of urea groups is 1. The van der Waals surface area contributed by atoms with E-state index in [1.54, 1.807) is 12.0 Å². The predicted octanol–water partition coefficient (Wildman–Crippen LogP) is 3.02. The monoisotopic (exact) mass is 376 g/mol. The fourth-order valence-electron chi connectivity index (χ4n) is 3.78. The summed E-state index contributed by atoms with van der Waals surface area (Å²) < 4.78 is 11.6. The third kappa shape index (κ3) is 4.84. The van der Waals surface area contributed by atoms with Crippen molar-refractivity contribution in [1.29, 1.82) is 0 Å². The van der Waals surface area contributed by atoms with Crippen molar-refractivity contribution in [1.82, 2.24) is 10.2 Å². The first-order valence-electron chi connectivity index (χ1n) is 9.66. The summed E-state index contributed by atoms with van der Waals surface area (Å²) in [7, 11) is 1.62. The number of hydrogen-bond donors (Lipinski definition) is 2. The number of piperidine rings is 1. The first-order valence-corrected chi connectivity index (χ1v) is 9.66. The first-order chi connectivity index (χ1) is 13.1. The van der Waals surface area contributed by atoms with Crippen LogP contribution in [0.3, 0.4) is 0 Å². The van der Waals surface area contributed by atoms with Crippen LogP contribution >= 0.6 is 0 Å². The molecule has 7 heteroatoms. The van der Waals surface area contributed by atoms with Gasteiger partial charge in [0.15, 0.2) is 11.5 Å². The average Bonchev–Trinajstić information content (AvgIpc) is 3.20. The van der Waals surface area contributed by atoms with Gasteiger partial charge in [-0.1, -0.05) is 12.1 Å². The maximum atomic E-state index is 12.5. The number of carbonyl (C=O) groups excluding carboxylic acids is 1. The number of methoxy groups -OCH3 is 1. The summed E-state index contributed by atoms with van der Waals surface area (Å²) in [6, 6.07) is 5.52. The van der Waals surface area contributed by atoms with Crippen LogP contribution in [0, 0.1) is 5.92 Å². The molecule has 0 unspecified atom stereocenters. The second kappa shape index (κ2) is 8.97. The molecule has 7 nitrogen and oxygen atoms in total. The highest BCUT2D eigenvalue weighted by Gasteiger charge is 2.27. The van der Waals surface area contributed by atoms with Crippen molar-refractivity contribution in [3.8, 4) is 11.5 Å². The van der Waals surface area contributed by atoms with Crippen molar-refractivity contribution in [2.75, 3.05) is 20.2 Å². The van der Waals surface area contributed by atoms with Crippen LogP contribution < -0.4 is 14.8 Å². The van der Waals surface area contributed by atoms with Gasteiger partial charge in [0.2, 0.25) is 0 Å². The average molecular weight is 376 g/mol. The van der Waals surface area contributed by atoms with Gasteiger partial charge in [-0.15, -0.1) is 0 Å². The number of para-hydroxylation sites is 1. The van der Waals surface area contributed by atoms with E-state index in [1.807, 2.05) is 18.2 Å². The second-order valence-electron chi connectivity index (χ2n) is 7.23. The van der Waals surface area contributed by atoms with Gasteiger partial charge in [0, 0.05) is 25.2 Å². The number of aliphatic carboxylic acids is 1. The summed E-state index contributed by atoms with van der Waals surface area (Å²) in [4.78, 5) is 25.2. The first kappa shape index (κ1) is 19.3. The molecule has 0 spiro atoms. The smallest absolute Gasteiger partial charge is 0.317 e. The van der Waals surface area contributed by atoms with Gasteiger partial charge in [-0.2, -0.15) is 0 Å². The van der Waals surface area contributed by atoms with Crippen molar-refractivity contribution in [2.24, 2.45) is 5.92 Å². The van der Waals surface area contributed by atoms with Crippen LogP contribution in [-0.4, -0.2) is 48.3 Å². The zero-order valence-corrected chi connectivity index (χ0v) is 15.8. The molecule has 1 heterocycles. The molecule has 148 valence electrons. The molecule has 27 heavy (non-hydrogen) atoms. The topological polar surface area (TPSA) is 88.1 Å². The van der Waals surface area contributed by atoms with E-state index in [-0.39, 0.29) is 18.1 Å². The maximum absolute atomic E-state index is 12.5. The zero-order chi connectivity index (χ0) is 19.2. The number of hydrogen-bond acceptors (Lipinski definition) is 4. The van der Waals surface area contributed by atoms with Crippen molar-refractivity contribution >= 4 is 12.0 Å². The molecule has 1 saturated heterocycles. The van der Waals surface area contributed by atoms with Crippen LogP contribution in [0.25, 0.3) is 0 Å². The summed E-state index contributed by atoms with van der Waals surface area (Å²) in [6.07, 6.45) is 5.64. The van der Waals surface area contributed by atoms with Crippen LogP contribution in [0.15, 0.2) is 18.2 Å². The lowest BCUT2D eigenvalue weighted by Gasteiger charge is -2.30. The van der Waals surface area contributed by atoms with Gasteiger partial charge >= 0.3 is 12.0 Å². The fourth-order valence-corrected chi connectivity index (χ4v) is 3.78. The maximum Gasteiger partial charge on any atom is 0.317 e. The Morgan fingerprint density at radius 3 is 2.52 bits per heavy atom. The SMILES string of the molecule is COc1cccc(CNC(=O)N2CCC(C(=O)O)CC2)c1OC1CCCC1. The molecule has 1 saturated carbocycles. The Hall–Kier alpha value is -2.44. The Kier molecular flexibility index (Phi) is 6.42. The van der Waals surface area contributed by atoms with E-state index in [0.29, 0.717) is 44.0 Å². The molecule has 3 rings (SSSR count). The molecule has 1 aromatic rings. The van der Waals surface area contributed by atoms with E-state index in [2.05, 4.69) is 5.32 Å². The summed E-state index contributed by atoms with van der Waals surface area (Å²) >= 11 is 0. The van der Waals surface area contributed by atoms with Gasteiger partial charge < -0.3 is 24.8 Å². The number of ether oxygens (including phenoxy) is 2. The zero-order valence-electron chi connectivity index (χ0n) is 15.8. The molecule has 0 atom stereocenters. The highest BCUT2D eigenvalue weighted by Crippen LogP contribution is 2.34. The summed E-state index contributed by atoms with van der Waals surface area (Å²) in [5.41, 5.74) is 0.884. The van der Waals surface area contributed by atoms with Crippen molar-refractivity contribution < 1.29 is 24.2 Å². The van der Waals surface area contributed by atoms with E-state index in [1.165, 1.54) is 12.8 Å². The minimum Gasteiger partial charge on any atom is -0.493 e. The Bertz CT molecular complexity index is 664. The number of benzene rings is 1. The van der Waals surface area contributed by atoms with Crippen molar-refractivity contribution in [3.63, 3.8) is 0 Å². The minimum atomic E-state index is -0.778. The summed E-state index contributed by atoms with van der Waals surface area (Å²) in [5.74, 6) is 0.256. The van der Waals surface area contributed by atoms with Gasteiger partial charge in [0.05, 0.1) is 19.1 Å². The van der Waals surface area contributed by atoms with Crippen molar-refractivity contribution in [2.45, 2.75) is 51.2 Å². The highest BCUT2D eigenvalue weighted by molar-refractivity contribution is 5.75. The van der Waals surface area contributed by atoms with E-state index in [0.717, 1.165) is 18.4 Å². The van der Waals surface area contributed by atoms with Crippen LogP contribution in [0.1, 0.15) is 44.1 Å². The molecule has 1 aliphatic carbocycles. The molecular formula is C20H28N2O5. The number of likely N-dealkylation sites (tertiary alicyclic amines) is 1. The number of carboxylic acids is 1. The molecule has 2 fully saturated rings. The normalized spacial score (nSPS) is 18.3. The number of rotatable bonds is 6. The number of nitrogens with zero attached hydrogens (tertiary/aromatic N) is 1. The Morgan fingerprint density at radius 1 is 1.19 bits per heavy atom. The van der Waals surface area contributed by atoms with Crippen LogP contribution in [0.5, 0.6) is 11.5 Å². The van der Waals surface area contributed by atoms with Crippen LogP contribution in [0.2, 0.25) is 0 Å². The lowest BCUT2D eigenvalue weighted by atomic mass is 9.97. The summed E-state index contributed by atoms with van der Waals surface area (Å²) in [6.45, 7) is 1.27. The Labute approximate surface area is 159 Å². The standard InChI is InChI=1S/C20H28N2O5/c1-26-17-8-4-5-15(18(17)27-16-6-2-3-7-16)13-21-20(25)22-11-9-14(10-12-22)19(23)24/h4-5,8,14,16H,2-3,6-7,9-13H2,1H3,(H,21,25)(H,23,24). The van der Waals surface area contributed by atoms with E-state index >= 15 is 0 Å². The molecule has 0 radical (unpaired) electrons. The molecule has 2 amide bonds. The largest absolute Gasteiger partial charge is 0.493 e. The third-order valence-corrected chi connectivity index (χ3v) is 5.43. The van der Waals surface area contributed by atoms with E-state index in [4.69, 9.17) is 14.6 Å². The highest BCUT2D eigenvalue weighted by atomic mass is 16.5. The van der Waals surface area contributed by atoms with Crippen LogP contribution in [-0.2, 0) is 11.3 Å². The number of carboxylic acid groups (broad SMARTS) is 1. The molecule has 2 N–H and O–H groups in total. The van der Waals surface area contributed by atoms with Gasteiger partial charge in [-0.25, -0.2) is 4.79 Å². The predicted molar refractivity (Wildman–Crippen MR) is 100 cm³/mol. The van der Waals surface area contributed by atoms with Gasteiger partial charge in [-0.05, 0) is 44.6 Å². The van der Waals surface area contributed by atoms with E-state index < -0.39 is 5.97 Å². The van der Waals surface area contributed by atoms with Crippen molar-refractivity contribution in [3.05, 3.63) is 23.8 Å². The second-order valence-corrected chi connectivity index (χ2v) is 7.23. The van der Waals surface area contributed by atoms with Gasteiger partial charge in [0.1, 0.15) is 0 Å². The molecule has 0 aromatic heterocycles. The lowest BCUT2D eigenvalue weighted by Crippen LogP contribution is -2.45. The number of carbonyl (C=O) groups is 2. The lowest BCUT2D eigenvalue weighted by molar-refractivity contribution is -0.143. The van der Waals surface area contributed by atoms with Gasteiger partial charge in [0.25, 0.3) is 0 Å². The van der Waals surface area contributed by atoms with Crippen LogP contribution in [0.4, 0.5) is 4.79 Å². The number of amides is 2. The Balaban J connectivity index is 1.60. The van der Waals surface area contributed by atoms with Gasteiger partial charge in [-0.3, -0.25) is 4.79 Å². The molecule has 2 aliphatic rings.